The van der Waals surface area contributed by atoms with Crippen LogP contribution in [0.1, 0.15) is 19.3 Å². The number of methoxy groups -OCH3 is 1. The first-order chi connectivity index (χ1) is 9.93. The van der Waals surface area contributed by atoms with Gasteiger partial charge in [-0.25, -0.2) is 0 Å². The molecule has 3 N–H and O–H groups in total. The Balaban J connectivity index is 2.44. The molecular formula is C12H14N4O5. The molecule has 0 spiro atoms. The lowest BCUT2D eigenvalue weighted by molar-refractivity contribution is -0.392. The first kappa shape index (κ1) is 14.6. The normalized spacial score (nSPS) is 13.3. The third kappa shape index (κ3) is 2.86. The molecule has 0 atom stereocenters. The van der Waals surface area contributed by atoms with E-state index in [0.29, 0.717) is 5.88 Å². The van der Waals surface area contributed by atoms with Gasteiger partial charge in [0.15, 0.2) is 11.6 Å². The van der Waals surface area contributed by atoms with Gasteiger partial charge in [-0.2, -0.15) is 0 Å². The van der Waals surface area contributed by atoms with Crippen molar-refractivity contribution in [1.29, 1.82) is 0 Å². The van der Waals surface area contributed by atoms with E-state index in [1.165, 1.54) is 7.11 Å². The molecule has 9 nitrogen and oxygen atoms in total. The molecule has 1 aromatic carbocycles. The molecule has 0 heterocycles. The number of anilines is 2. The van der Waals surface area contributed by atoms with E-state index in [2.05, 4.69) is 5.32 Å². The lowest BCUT2D eigenvalue weighted by atomic mass is 9.93. The van der Waals surface area contributed by atoms with Crippen molar-refractivity contribution in [3.05, 3.63) is 43.8 Å². The Morgan fingerprint density at radius 2 is 1.76 bits per heavy atom. The average Bonchev–Trinajstić information content (AvgIpc) is 2.36. The lowest BCUT2D eigenvalue weighted by Gasteiger charge is -2.21. The average molecular weight is 294 g/mol. The fraction of sp³-hybridized carbons (Fsp3) is 0.333. The van der Waals surface area contributed by atoms with Crippen LogP contribution in [0.25, 0.3) is 0 Å². The molecule has 0 bridgehead atoms. The summed E-state index contributed by atoms with van der Waals surface area (Å²) >= 11 is 0. The Labute approximate surface area is 119 Å². The highest BCUT2D eigenvalue weighted by Crippen LogP contribution is 2.36. The van der Waals surface area contributed by atoms with Gasteiger partial charge in [-0.05, 0) is 24.8 Å². The van der Waals surface area contributed by atoms with E-state index in [1.807, 2.05) is 0 Å². The van der Waals surface area contributed by atoms with Gasteiger partial charge in [0, 0.05) is 12.1 Å². The highest BCUT2D eigenvalue weighted by Gasteiger charge is 2.25. The van der Waals surface area contributed by atoms with Crippen LogP contribution in [0.15, 0.2) is 23.6 Å². The first-order valence-corrected chi connectivity index (χ1v) is 6.19. The SMILES string of the molecule is COC(Nc1cc([N+](=O)[O-])c(N)c([N+](=O)[O-])c1)=C1CCC1. The topological polar surface area (TPSA) is 134 Å². The van der Waals surface area contributed by atoms with Gasteiger partial charge in [-0.15, -0.1) is 0 Å². The van der Waals surface area contributed by atoms with Crippen molar-refractivity contribution in [2.45, 2.75) is 19.3 Å². The van der Waals surface area contributed by atoms with Gasteiger partial charge in [0.25, 0.3) is 0 Å². The van der Waals surface area contributed by atoms with Gasteiger partial charge in [0.05, 0.1) is 22.6 Å². The van der Waals surface area contributed by atoms with Gasteiger partial charge in [-0.1, -0.05) is 0 Å². The number of nitrogen functional groups attached to an aromatic ring is 1. The van der Waals surface area contributed by atoms with Crippen molar-refractivity contribution in [3.63, 3.8) is 0 Å². The number of nitrogens with two attached hydrogens (primary N) is 1. The predicted octanol–water partition coefficient (Wildman–Crippen LogP) is 2.54. The summed E-state index contributed by atoms with van der Waals surface area (Å²) in [6.45, 7) is 0. The number of nitro groups is 2. The molecule has 1 saturated carbocycles. The quantitative estimate of drug-likeness (QED) is 0.369. The molecule has 0 amide bonds. The van der Waals surface area contributed by atoms with Crippen molar-refractivity contribution in [3.8, 4) is 0 Å². The molecule has 1 aromatic rings. The van der Waals surface area contributed by atoms with Gasteiger partial charge in [0.2, 0.25) is 0 Å². The Hall–Kier alpha value is -2.84. The molecule has 1 fully saturated rings. The Morgan fingerprint density at radius 1 is 1.24 bits per heavy atom. The molecule has 2 rings (SSSR count). The monoisotopic (exact) mass is 294 g/mol. The zero-order valence-electron chi connectivity index (χ0n) is 11.3. The molecule has 0 radical (unpaired) electrons. The third-order valence-corrected chi connectivity index (χ3v) is 3.27. The Bertz CT molecular complexity index is 600. The van der Waals surface area contributed by atoms with Gasteiger partial charge in [-0.3, -0.25) is 20.2 Å². The number of rotatable bonds is 5. The minimum absolute atomic E-state index is 0.193. The second-order valence-corrected chi connectivity index (χ2v) is 4.56. The number of nitrogens with one attached hydrogen (secondary N) is 1. The van der Waals surface area contributed by atoms with E-state index in [9.17, 15) is 20.2 Å². The van der Waals surface area contributed by atoms with Crippen molar-refractivity contribution in [1.82, 2.24) is 0 Å². The number of benzene rings is 1. The van der Waals surface area contributed by atoms with E-state index in [4.69, 9.17) is 10.5 Å². The Morgan fingerprint density at radius 3 is 2.10 bits per heavy atom. The molecule has 9 heteroatoms. The second kappa shape index (κ2) is 5.65. The standard InChI is InChI=1S/C12H14N4O5/c1-21-12(7-3-2-4-7)14-8-5-9(15(17)18)11(13)10(6-8)16(19)20/h5-6,14H,2-4,13H2,1H3. The van der Waals surface area contributed by atoms with Gasteiger partial charge >= 0.3 is 11.4 Å². The molecule has 1 aliphatic rings. The van der Waals surface area contributed by atoms with Crippen LogP contribution in [0, 0.1) is 20.2 Å². The van der Waals surface area contributed by atoms with Gasteiger partial charge in [0.1, 0.15) is 0 Å². The van der Waals surface area contributed by atoms with E-state index >= 15 is 0 Å². The first-order valence-electron chi connectivity index (χ1n) is 6.19. The van der Waals surface area contributed by atoms with E-state index in [-0.39, 0.29) is 5.69 Å². The molecule has 21 heavy (non-hydrogen) atoms. The van der Waals surface area contributed by atoms with Crippen LogP contribution in [-0.2, 0) is 4.74 Å². The highest BCUT2D eigenvalue weighted by molar-refractivity contribution is 5.77. The van der Waals surface area contributed by atoms with E-state index in [1.54, 1.807) is 0 Å². The Kier molecular flexibility index (Phi) is 3.92. The minimum atomic E-state index is -0.753. The van der Waals surface area contributed by atoms with Crippen LogP contribution >= 0.6 is 0 Å². The molecular weight excluding hydrogens is 280 g/mol. The largest absolute Gasteiger partial charge is 0.482 e. The summed E-state index contributed by atoms with van der Waals surface area (Å²) < 4.78 is 5.19. The van der Waals surface area contributed by atoms with Crippen LogP contribution in [0.2, 0.25) is 0 Å². The molecule has 0 saturated heterocycles. The van der Waals surface area contributed by atoms with Crippen LogP contribution in [0.3, 0.4) is 0 Å². The lowest BCUT2D eigenvalue weighted by Crippen LogP contribution is -2.11. The maximum absolute atomic E-state index is 10.9. The van der Waals surface area contributed by atoms with Crippen LogP contribution in [-0.4, -0.2) is 17.0 Å². The summed E-state index contributed by atoms with van der Waals surface area (Å²) in [5.41, 5.74) is 5.20. The highest BCUT2D eigenvalue weighted by atomic mass is 16.6. The number of hydrogen-bond acceptors (Lipinski definition) is 7. The summed E-state index contributed by atoms with van der Waals surface area (Å²) in [4.78, 5) is 20.4. The van der Waals surface area contributed by atoms with E-state index < -0.39 is 26.9 Å². The molecule has 112 valence electrons. The minimum Gasteiger partial charge on any atom is -0.482 e. The smallest absolute Gasteiger partial charge is 0.301 e. The fourth-order valence-electron chi connectivity index (χ4n) is 1.99. The fourth-order valence-corrected chi connectivity index (χ4v) is 1.99. The molecule has 0 aromatic heterocycles. The van der Waals surface area contributed by atoms with Crippen molar-refractivity contribution in [2.24, 2.45) is 0 Å². The van der Waals surface area contributed by atoms with Crippen molar-refractivity contribution in [2.75, 3.05) is 18.2 Å². The number of ether oxygens (including phenoxy) is 1. The number of hydrogen-bond donors (Lipinski definition) is 2. The summed E-state index contributed by atoms with van der Waals surface area (Å²) in [7, 11) is 1.47. The maximum Gasteiger partial charge on any atom is 0.301 e. The van der Waals surface area contributed by atoms with Crippen LogP contribution < -0.4 is 11.1 Å². The maximum atomic E-state index is 10.9. The second-order valence-electron chi connectivity index (χ2n) is 4.56. The predicted molar refractivity (Wildman–Crippen MR) is 75.7 cm³/mol. The molecule has 0 aliphatic heterocycles. The summed E-state index contributed by atoms with van der Waals surface area (Å²) in [5.74, 6) is 0.467. The van der Waals surface area contributed by atoms with Crippen LogP contribution in [0.4, 0.5) is 22.7 Å². The summed E-state index contributed by atoms with van der Waals surface area (Å²) in [5, 5.41) is 24.7. The number of allylic oxidation sites excluding steroid dienone is 1. The van der Waals surface area contributed by atoms with Gasteiger partial charge < -0.3 is 15.8 Å². The molecule has 0 unspecified atom stereocenters. The summed E-state index contributed by atoms with van der Waals surface area (Å²) in [6, 6.07) is 2.31. The zero-order valence-corrected chi connectivity index (χ0v) is 11.3. The van der Waals surface area contributed by atoms with Crippen molar-refractivity contribution < 1.29 is 14.6 Å². The zero-order chi connectivity index (χ0) is 15.6. The molecule has 1 aliphatic carbocycles. The van der Waals surface area contributed by atoms with Crippen molar-refractivity contribution >= 4 is 22.7 Å². The van der Waals surface area contributed by atoms with E-state index in [0.717, 1.165) is 37.0 Å². The third-order valence-electron chi connectivity index (χ3n) is 3.27. The summed E-state index contributed by atoms with van der Waals surface area (Å²) in [6.07, 6.45) is 2.79. The number of nitro benzene ring substituents is 2. The van der Waals surface area contributed by atoms with Crippen LogP contribution in [0.5, 0.6) is 0 Å². The number of nitrogens with zero attached hydrogens (tertiary/aromatic N) is 2.